The van der Waals surface area contributed by atoms with Crippen LogP contribution in [0.5, 0.6) is 0 Å². The van der Waals surface area contributed by atoms with E-state index in [1.807, 2.05) is 0 Å². The van der Waals surface area contributed by atoms with Crippen LogP contribution < -0.4 is 26.2 Å². The maximum Gasteiger partial charge on any atom is 0.252 e. The van der Waals surface area contributed by atoms with Gasteiger partial charge in [-0.15, -0.1) is 0 Å². The van der Waals surface area contributed by atoms with Gasteiger partial charge in [-0.25, -0.2) is 0 Å². The lowest BCUT2D eigenvalue weighted by Crippen LogP contribution is -2.61. The molecule has 6 aliphatic rings. The van der Waals surface area contributed by atoms with Crippen molar-refractivity contribution < 1.29 is 0 Å². The summed E-state index contributed by atoms with van der Waals surface area (Å²) in [6.07, 6.45) is 26.9. The van der Waals surface area contributed by atoms with Gasteiger partial charge in [-0.05, 0) is 162 Å². The Morgan fingerprint density at radius 2 is 0.754 bits per heavy atom. The van der Waals surface area contributed by atoms with E-state index in [9.17, 15) is 0 Å². The van der Waals surface area contributed by atoms with Gasteiger partial charge in [-0.2, -0.15) is 0 Å². The summed E-state index contributed by atoms with van der Waals surface area (Å²) in [4.78, 5) is 5.46. The fraction of sp³-hybridized carbons (Fsp3) is 0.444. The maximum absolute atomic E-state index is 2.76. The first-order valence-corrected chi connectivity index (χ1v) is 23.5. The Hall–Kier alpha value is -4.24. The minimum atomic E-state index is 0.192. The molecule has 2 nitrogen and oxygen atoms in total. The van der Waals surface area contributed by atoms with Crippen LogP contribution in [0, 0.1) is 0 Å². The Morgan fingerprint density at radius 3 is 1.28 bits per heavy atom. The highest BCUT2D eigenvalue weighted by atomic mass is 15.2. The van der Waals surface area contributed by atoms with Crippen molar-refractivity contribution in [1.29, 1.82) is 0 Å². The van der Waals surface area contributed by atoms with E-state index in [2.05, 4.69) is 113 Å². The number of hydrogen-bond donors (Lipinski definition) is 0. The minimum Gasteiger partial charge on any atom is -0.311 e. The quantitative estimate of drug-likeness (QED) is 0.156. The van der Waals surface area contributed by atoms with Crippen LogP contribution in [0.2, 0.25) is 0 Å². The molecule has 0 aromatic heterocycles. The molecule has 0 amide bonds. The summed E-state index contributed by atoms with van der Waals surface area (Å²) in [7, 11) is 0. The zero-order valence-corrected chi connectivity index (χ0v) is 34.2. The topological polar surface area (TPSA) is 6.48 Å². The van der Waals surface area contributed by atoms with Crippen molar-refractivity contribution in [2.24, 2.45) is 0 Å². The zero-order valence-electron chi connectivity index (χ0n) is 34.2. The lowest BCUT2D eigenvalue weighted by atomic mass is 9.33. The van der Waals surface area contributed by atoms with Gasteiger partial charge in [0.2, 0.25) is 0 Å². The van der Waals surface area contributed by atoms with Crippen molar-refractivity contribution in [2.45, 2.75) is 152 Å². The average molecular weight is 749 g/mol. The van der Waals surface area contributed by atoms with Gasteiger partial charge in [-0.3, -0.25) is 0 Å². The second-order valence-electron chi connectivity index (χ2n) is 19.0. The number of nitrogens with zero attached hydrogens (tertiary/aromatic N) is 2. The number of fused-ring (bicyclic) bond motifs is 4. The largest absolute Gasteiger partial charge is 0.311 e. The van der Waals surface area contributed by atoms with Crippen molar-refractivity contribution >= 4 is 57.2 Å². The molecule has 4 aliphatic carbocycles. The van der Waals surface area contributed by atoms with Crippen LogP contribution in [0.3, 0.4) is 0 Å². The van der Waals surface area contributed by atoms with Crippen LogP contribution in [0.4, 0.5) is 34.1 Å². The second kappa shape index (κ2) is 15.5. The van der Waals surface area contributed by atoms with Crippen LogP contribution in [-0.4, -0.2) is 6.71 Å². The molecule has 3 heteroatoms. The molecular formula is C54H61BN2. The monoisotopic (exact) mass is 748 g/mol. The van der Waals surface area contributed by atoms with E-state index in [0.717, 1.165) is 0 Å². The molecule has 57 heavy (non-hydrogen) atoms. The minimum absolute atomic E-state index is 0.192. The highest BCUT2D eigenvalue weighted by Gasteiger charge is 2.44. The lowest BCUT2D eigenvalue weighted by Gasteiger charge is -2.45. The van der Waals surface area contributed by atoms with E-state index in [-0.39, 0.29) is 6.71 Å². The van der Waals surface area contributed by atoms with Gasteiger partial charge >= 0.3 is 0 Å². The molecule has 5 aromatic rings. The summed E-state index contributed by atoms with van der Waals surface area (Å²) in [6.45, 7) is 0.192. The molecular weight excluding hydrogens is 687 g/mol. The molecule has 0 unspecified atom stereocenters. The SMILES string of the molecule is c1cc(C2CCCCC2)cc(N2c3ccccc3B3c4ccc(C5CCCCC5)cc4N(c4cccc(C5CCCCC5)c4)c4cc(C5CCCCC5)cc2c43)c1. The van der Waals surface area contributed by atoms with Gasteiger partial charge < -0.3 is 9.80 Å². The summed E-state index contributed by atoms with van der Waals surface area (Å²) >= 11 is 0. The molecule has 0 saturated heterocycles. The van der Waals surface area contributed by atoms with Gasteiger partial charge in [0.25, 0.3) is 6.71 Å². The third-order valence-corrected chi connectivity index (χ3v) is 15.6. The van der Waals surface area contributed by atoms with Crippen LogP contribution in [0.1, 0.15) is 174 Å². The molecule has 11 rings (SSSR count). The van der Waals surface area contributed by atoms with Gasteiger partial charge in [0, 0.05) is 34.1 Å². The normalized spacial score (nSPS) is 20.6. The molecule has 0 spiro atoms. The third kappa shape index (κ3) is 6.56. The van der Waals surface area contributed by atoms with E-state index in [4.69, 9.17) is 0 Å². The van der Waals surface area contributed by atoms with Crippen molar-refractivity contribution in [3.63, 3.8) is 0 Å². The van der Waals surface area contributed by atoms with Crippen molar-refractivity contribution in [1.82, 2.24) is 0 Å². The molecule has 2 aliphatic heterocycles. The van der Waals surface area contributed by atoms with Gasteiger partial charge in [0.15, 0.2) is 0 Å². The molecule has 5 aromatic carbocycles. The standard InChI is InChI=1S/C54H61BN2/c1-5-17-38(18-6-1)42-25-15-27-46(33-42)56-50-30-14-13-29-48(50)55-49-32-31-44(40-21-9-3-10-22-40)35-51(49)57(47-28-16-26-43(34-47)39-19-7-2-8-20-39)53-37-45(36-52(56)54(53)55)41-23-11-4-12-24-41/h13-16,25-41H,1-12,17-24H2. The molecule has 4 fully saturated rings. The number of hydrogen-bond acceptors (Lipinski definition) is 2. The molecule has 290 valence electrons. The van der Waals surface area contributed by atoms with E-state index in [1.54, 1.807) is 16.7 Å². The average Bonchev–Trinajstić information content (AvgIpc) is 3.30. The molecule has 0 N–H and O–H groups in total. The van der Waals surface area contributed by atoms with E-state index in [0.29, 0.717) is 23.7 Å². The van der Waals surface area contributed by atoms with Gasteiger partial charge in [0.05, 0.1) is 0 Å². The van der Waals surface area contributed by atoms with Crippen LogP contribution >= 0.6 is 0 Å². The molecule has 0 atom stereocenters. The third-order valence-electron chi connectivity index (χ3n) is 15.6. The summed E-state index contributed by atoms with van der Waals surface area (Å²) in [5.41, 5.74) is 18.9. The van der Waals surface area contributed by atoms with Crippen molar-refractivity contribution in [3.05, 3.63) is 125 Å². The summed E-state index contributed by atoms with van der Waals surface area (Å²) in [5, 5.41) is 0. The Bertz CT molecular complexity index is 2230. The van der Waals surface area contributed by atoms with Gasteiger partial charge in [-0.1, -0.05) is 132 Å². The fourth-order valence-electron chi connectivity index (χ4n) is 12.6. The predicted octanol–water partition coefficient (Wildman–Crippen LogP) is 14.0. The first-order valence-electron chi connectivity index (χ1n) is 23.5. The Kier molecular flexibility index (Phi) is 9.76. The lowest BCUT2D eigenvalue weighted by molar-refractivity contribution is 0.443. The van der Waals surface area contributed by atoms with Crippen molar-refractivity contribution in [2.75, 3.05) is 9.80 Å². The summed E-state index contributed by atoms with van der Waals surface area (Å²) < 4.78 is 0. The molecule has 4 saturated carbocycles. The summed E-state index contributed by atoms with van der Waals surface area (Å²) in [5.74, 6) is 2.61. The first-order chi connectivity index (χ1) is 28.3. The first kappa shape index (κ1) is 35.9. The number of anilines is 6. The highest BCUT2D eigenvalue weighted by Crippen LogP contribution is 2.49. The Morgan fingerprint density at radius 1 is 0.333 bits per heavy atom. The summed E-state index contributed by atoms with van der Waals surface area (Å²) in [6, 6.07) is 42.2. The fourth-order valence-corrected chi connectivity index (χ4v) is 12.6. The second-order valence-corrected chi connectivity index (χ2v) is 19.0. The van der Waals surface area contributed by atoms with Crippen LogP contribution in [0.25, 0.3) is 0 Å². The number of rotatable bonds is 6. The van der Waals surface area contributed by atoms with Crippen LogP contribution in [-0.2, 0) is 0 Å². The molecule has 0 bridgehead atoms. The van der Waals surface area contributed by atoms with E-state index in [1.165, 1.54) is 184 Å². The van der Waals surface area contributed by atoms with E-state index < -0.39 is 0 Å². The smallest absolute Gasteiger partial charge is 0.252 e. The number of para-hydroxylation sites is 1. The van der Waals surface area contributed by atoms with E-state index >= 15 is 0 Å². The Balaban J connectivity index is 1.15. The highest BCUT2D eigenvalue weighted by molar-refractivity contribution is 7.00. The molecule has 2 heterocycles. The Labute approximate surface area is 343 Å². The molecule has 0 radical (unpaired) electrons. The van der Waals surface area contributed by atoms with Crippen LogP contribution in [0.15, 0.2) is 103 Å². The predicted molar refractivity (Wildman–Crippen MR) is 244 cm³/mol. The maximum atomic E-state index is 2.76. The number of benzene rings is 5. The zero-order chi connectivity index (χ0) is 37.7. The van der Waals surface area contributed by atoms with Crippen molar-refractivity contribution in [3.8, 4) is 0 Å². The van der Waals surface area contributed by atoms with Gasteiger partial charge in [0.1, 0.15) is 0 Å².